The third-order valence-corrected chi connectivity index (χ3v) is 5.57. The number of nitrogens with zero attached hydrogens (tertiary/aromatic N) is 1. The quantitative estimate of drug-likeness (QED) is 0.850. The summed E-state index contributed by atoms with van der Waals surface area (Å²) >= 11 is 0. The fraction of sp³-hybridized carbons (Fsp3) is 0.562. The lowest BCUT2D eigenvalue weighted by molar-refractivity contribution is 0.0557. The Kier molecular flexibility index (Phi) is 4.10. The second-order valence-corrected chi connectivity index (χ2v) is 8.24. The number of carboxylic acid groups (broad SMARTS) is 1. The van der Waals surface area contributed by atoms with Crippen molar-refractivity contribution in [1.29, 1.82) is 0 Å². The first kappa shape index (κ1) is 16.3. The number of benzene rings is 1. The van der Waals surface area contributed by atoms with Crippen molar-refractivity contribution in [3.8, 4) is 0 Å². The lowest BCUT2D eigenvalue weighted by Gasteiger charge is -2.45. The molecule has 23 heavy (non-hydrogen) atoms. The Bertz CT molecular complexity index is 674. The van der Waals surface area contributed by atoms with Gasteiger partial charge in [0.05, 0.1) is 12.9 Å². The molecule has 0 spiro atoms. The molecular formula is C16H21NO5S. The zero-order valence-electron chi connectivity index (χ0n) is 13.0. The zero-order chi connectivity index (χ0) is 16.7. The molecule has 1 aromatic rings. The molecule has 2 fully saturated rings. The number of rotatable bonds is 4. The maximum absolute atomic E-state index is 11.5. The first-order valence-corrected chi connectivity index (χ1v) is 9.54. The molecule has 0 radical (unpaired) electrons. The summed E-state index contributed by atoms with van der Waals surface area (Å²) in [4.78, 5) is 13.0. The minimum atomic E-state index is -3.54. The highest BCUT2D eigenvalue weighted by Crippen LogP contribution is 2.47. The summed E-state index contributed by atoms with van der Waals surface area (Å²) in [5, 5.41) is 9.42. The van der Waals surface area contributed by atoms with Crippen LogP contribution in [-0.2, 0) is 19.7 Å². The van der Waals surface area contributed by atoms with E-state index in [0.717, 1.165) is 24.7 Å². The molecule has 3 rings (SSSR count). The van der Waals surface area contributed by atoms with E-state index in [0.29, 0.717) is 12.8 Å². The molecule has 7 heteroatoms. The minimum Gasteiger partial charge on any atom is -0.465 e. The summed E-state index contributed by atoms with van der Waals surface area (Å²) in [5.74, 6) is 0. The highest BCUT2D eigenvalue weighted by atomic mass is 32.2. The van der Waals surface area contributed by atoms with Crippen LogP contribution in [0.2, 0.25) is 0 Å². The number of piperidine rings is 1. The zero-order valence-corrected chi connectivity index (χ0v) is 13.8. The number of amides is 1. The Hall–Kier alpha value is -1.60. The van der Waals surface area contributed by atoms with E-state index in [1.54, 1.807) is 4.90 Å². The van der Waals surface area contributed by atoms with Crippen molar-refractivity contribution in [3.63, 3.8) is 0 Å². The minimum absolute atomic E-state index is 0.0658. The SMILES string of the molecule is CS(=O)(=O)OCC1(c2ccccc2)CC2CCC(C1)N2C(=O)O. The number of hydrogen-bond donors (Lipinski definition) is 1. The van der Waals surface area contributed by atoms with E-state index in [-0.39, 0.29) is 18.7 Å². The summed E-state index contributed by atoms with van der Waals surface area (Å²) in [5.41, 5.74) is 0.563. The van der Waals surface area contributed by atoms with Crippen LogP contribution in [0.1, 0.15) is 31.2 Å². The van der Waals surface area contributed by atoms with Gasteiger partial charge in [-0.1, -0.05) is 30.3 Å². The van der Waals surface area contributed by atoms with E-state index in [9.17, 15) is 18.3 Å². The number of hydrogen-bond acceptors (Lipinski definition) is 4. The fourth-order valence-electron chi connectivity index (χ4n) is 4.11. The molecule has 2 unspecified atom stereocenters. The van der Waals surface area contributed by atoms with Gasteiger partial charge in [-0.25, -0.2) is 4.79 Å². The molecule has 1 amide bonds. The van der Waals surface area contributed by atoms with Gasteiger partial charge in [-0.15, -0.1) is 0 Å². The molecule has 0 saturated carbocycles. The molecule has 2 heterocycles. The molecule has 1 aromatic carbocycles. The van der Waals surface area contributed by atoms with Crippen molar-refractivity contribution in [3.05, 3.63) is 35.9 Å². The van der Waals surface area contributed by atoms with Crippen molar-refractivity contribution in [1.82, 2.24) is 4.90 Å². The Labute approximate surface area is 136 Å². The molecule has 2 aliphatic rings. The van der Waals surface area contributed by atoms with Crippen LogP contribution >= 0.6 is 0 Å². The highest BCUT2D eigenvalue weighted by molar-refractivity contribution is 7.85. The van der Waals surface area contributed by atoms with Crippen LogP contribution in [0.5, 0.6) is 0 Å². The van der Waals surface area contributed by atoms with Gasteiger partial charge in [0.15, 0.2) is 0 Å². The molecular weight excluding hydrogens is 318 g/mol. The Balaban J connectivity index is 1.94. The standard InChI is InChI=1S/C16H21NO5S/c1-23(20,21)22-11-16(12-5-3-2-4-6-12)9-13-7-8-14(10-16)17(13)15(18)19/h2-6,13-14H,7-11H2,1H3,(H,18,19). The van der Waals surface area contributed by atoms with Gasteiger partial charge < -0.3 is 10.0 Å². The maximum atomic E-state index is 11.5. The maximum Gasteiger partial charge on any atom is 0.407 e. The summed E-state index contributed by atoms with van der Waals surface area (Å²) in [6, 6.07) is 9.55. The average molecular weight is 339 g/mol. The highest BCUT2D eigenvalue weighted by Gasteiger charge is 2.51. The lowest BCUT2D eigenvalue weighted by Crippen LogP contribution is -2.53. The van der Waals surface area contributed by atoms with Gasteiger partial charge in [-0.05, 0) is 31.2 Å². The molecule has 2 saturated heterocycles. The van der Waals surface area contributed by atoms with Crippen LogP contribution in [-0.4, -0.2) is 49.5 Å². The number of carbonyl (C=O) groups is 1. The third-order valence-electron chi connectivity index (χ3n) is 5.03. The summed E-state index contributed by atoms with van der Waals surface area (Å²) in [6.07, 6.45) is 3.00. The first-order valence-electron chi connectivity index (χ1n) is 7.72. The average Bonchev–Trinajstić information content (AvgIpc) is 2.78. The normalized spacial score (nSPS) is 30.4. The van der Waals surface area contributed by atoms with Gasteiger partial charge in [0.25, 0.3) is 10.1 Å². The molecule has 2 atom stereocenters. The molecule has 2 bridgehead atoms. The van der Waals surface area contributed by atoms with Crippen LogP contribution < -0.4 is 0 Å². The molecule has 0 aliphatic carbocycles. The lowest BCUT2D eigenvalue weighted by atomic mass is 9.70. The van der Waals surface area contributed by atoms with Gasteiger partial charge in [-0.2, -0.15) is 8.42 Å². The van der Waals surface area contributed by atoms with Crippen LogP contribution in [0.4, 0.5) is 4.79 Å². The molecule has 0 aromatic heterocycles. The third kappa shape index (κ3) is 3.21. The number of fused-ring (bicyclic) bond motifs is 2. The van der Waals surface area contributed by atoms with Gasteiger partial charge in [0.2, 0.25) is 0 Å². The van der Waals surface area contributed by atoms with E-state index in [2.05, 4.69) is 0 Å². The molecule has 1 N–H and O–H groups in total. The smallest absolute Gasteiger partial charge is 0.407 e. The Morgan fingerprint density at radius 2 is 1.83 bits per heavy atom. The summed E-state index contributed by atoms with van der Waals surface area (Å²) in [6.45, 7) is 0.0658. The van der Waals surface area contributed by atoms with Crippen molar-refractivity contribution in [2.45, 2.75) is 43.2 Å². The van der Waals surface area contributed by atoms with E-state index < -0.39 is 21.6 Å². The van der Waals surface area contributed by atoms with E-state index in [1.165, 1.54) is 0 Å². The topological polar surface area (TPSA) is 83.9 Å². The first-order chi connectivity index (χ1) is 10.8. The Morgan fingerprint density at radius 1 is 1.26 bits per heavy atom. The van der Waals surface area contributed by atoms with E-state index in [1.807, 2.05) is 30.3 Å². The van der Waals surface area contributed by atoms with Crippen LogP contribution in [0, 0.1) is 0 Å². The van der Waals surface area contributed by atoms with Crippen molar-refractivity contribution in [2.75, 3.05) is 12.9 Å². The monoisotopic (exact) mass is 339 g/mol. The van der Waals surface area contributed by atoms with Gasteiger partial charge >= 0.3 is 6.09 Å². The van der Waals surface area contributed by atoms with E-state index in [4.69, 9.17) is 4.18 Å². The van der Waals surface area contributed by atoms with Gasteiger partial charge in [0, 0.05) is 17.5 Å². The fourth-order valence-corrected chi connectivity index (χ4v) is 4.55. The summed E-state index contributed by atoms with van der Waals surface area (Å²) < 4.78 is 28.1. The van der Waals surface area contributed by atoms with Crippen LogP contribution in [0.25, 0.3) is 0 Å². The predicted octanol–water partition coefficient (Wildman–Crippen LogP) is 2.21. The molecule has 126 valence electrons. The van der Waals surface area contributed by atoms with Gasteiger partial charge in [0.1, 0.15) is 0 Å². The van der Waals surface area contributed by atoms with Gasteiger partial charge in [-0.3, -0.25) is 4.18 Å². The van der Waals surface area contributed by atoms with Crippen molar-refractivity contribution in [2.24, 2.45) is 0 Å². The Morgan fingerprint density at radius 3 is 2.30 bits per heavy atom. The van der Waals surface area contributed by atoms with Crippen LogP contribution in [0.15, 0.2) is 30.3 Å². The second-order valence-electron chi connectivity index (χ2n) is 6.60. The van der Waals surface area contributed by atoms with E-state index >= 15 is 0 Å². The second kappa shape index (κ2) is 5.79. The molecule has 2 aliphatic heterocycles. The predicted molar refractivity (Wildman–Crippen MR) is 84.8 cm³/mol. The largest absolute Gasteiger partial charge is 0.465 e. The summed E-state index contributed by atoms with van der Waals surface area (Å²) in [7, 11) is -3.54. The van der Waals surface area contributed by atoms with Crippen LogP contribution in [0.3, 0.4) is 0 Å². The van der Waals surface area contributed by atoms with Crippen molar-refractivity contribution >= 4 is 16.2 Å². The molecule has 6 nitrogen and oxygen atoms in total. The van der Waals surface area contributed by atoms with Crippen molar-refractivity contribution < 1.29 is 22.5 Å².